The smallest absolute Gasteiger partial charge is 0.256 e. The van der Waals surface area contributed by atoms with Gasteiger partial charge in [-0.25, -0.2) is 0 Å². The van der Waals surface area contributed by atoms with Crippen molar-refractivity contribution in [3.8, 4) is 11.5 Å². The first-order valence-corrected chi connectivity index (χ1v) is 13.2. The summed E-state index contributed by atoms with van der Waals surface area (Å²) in [6.45, 7) is 5.72. The lowest BCUT2D eigenvalue weighted by Crippen LogP contribution is -2.06. The monoisotopic (exact) mass is 452 g/mol. The van der Waals surface area contributed by atoms with Gasteiger partial charge in [0.2, 0.25) is 0 Å². The third-order valence-electron chi connectivity index (χ3n) is 5.69. The number of hydrogen-bond donors (Lipinski definition) is 0. The summed E-state index contributed by atoms with van der Waals surface area (Å²) < 4.78 is 11.9. The molecule has 4 heteroatoms. The van der Waals surface area contributed by atoms with Crippen molar-refractivity contribution in [3.63, 3.8) is 0 Å². The highest BCUT2D eigenvalue weighted by Gasteiger charge is 2.16. The Morgan fingerprint density at radius 1 is 0.677 bits per heavy atom. The van der Waals surface area contributed by atoms with E-state index in [0.717, 1.165) is 19.3 Å². The normalized spacial score (nSPS) is 10.9. The molecule has 1 rings (SSSR count). The van der Waals surface area contributed by atoms with Crippen molar-refractivity contribution in [1.82, 2.24) is 0 Å². The van der Waals surface area contributed by atoms with Crippen LogP contribution in [0.4, 0.5) is 0 Å². The molecule has 1 aromatic carbocycles. The number of benzene rings is 1. The van der Waals surface area contributed by atoms with E-state index in [2.05, 4.69) is 13.8 Å². The van der Waals surface area contributed by atoms with E-state index in [9.17, 15) is 4.79 Å². The Morgan fingerprint density at radius 3 is 1.61 bits per heavy atom. The van der Waals surface area contributed by atoms with Crippen LogP contribution in [-0.2, 0) is 0 Å². The van der Waals surface area contributed by atoms with Gasteiger partial charge in [-0.15, -0.1) is 0 Å². The highest BCUT2D eigenvalue weighted by Crippen LogP contribution is 2.33. The lowest BCUT2D eigenvalue weighted by molar-refractivity contribution is 0.107. The van der Waals surface area contributed by atoms with Crippen LogP contribution in [0.15, 0.2) is 18.2 Å². The molecule has 1 aromatic rings. The van der Waals surface area contributed by atoms with Crippen molar-refractivity contribution < 1.29 is 14.3 Å². The van der Waals surface area contributed by atoms with Crippen LogP contribution < -0.4 is 9.47 Å². The lowest BCUT2D eigenvalue weighted by atomic mass is 10.1. The highest BCUT2D eigenvalue weighted by molar-refractivity contribution is 6.68. The van der Waals surface area contributed by atoms with Crippen LogP contribution >= 0.6 is 11.6 Å². The number of rotatable bonds is 21. The molecule has 0 aliphatic heterocycles. The quantitative estimate of drug-likeness (QED) is 0.138. The predicted octanol–water partition coefficient (Wildman–Crippen LogP) is 9.10. The topological polar surface area (TPSA) is 35.5 Å². The summed E-state index contributed by atoms with van der Waals surface area (Å²) in [5.74, 6) is 1.14. The minimum atomic E-state index is -0.497. The van der Waals surface area contributed by atoms with Crippen LogP contribution in [0.1, 0.15) is 127 Å². The van der Waals surface area contributed by atoms with Crippen molar-refractivity contribution in [2.75, 3.05) is 13.2 Å². The summed E-state index contributed by atoms with van der Waals surface area (Å²) in [5.41, 5.74) is 0.398. The molecule has 0 aliphatic carbocycles. The maximum atomic E-state index is 11.8. The van der Waals surface area contributed by atoms with Crippen LogP contribution in [0.2, 0.25) is 0 Å². The summed E-state index contributed by atoms with van der Waals surface area (Å²) in [5, 5.41) is -0.497. The van der Waals surface area contributed by atoms with Gasteiger partial charge in [-0.2, -0.15) is 0 Å². The Hall–Kier alpha value is -1.22. The van der Waals surface area contributed by atoms with Gasteiger partial charge in [0.15, 0.2) is 11.5 Å². The molecule has 0 heterocycles. The zero-order valence-electron chi connectivity index (χ0n) is 20.1. The predicted molar refractivity (Wildman–Crippen MR) is 133 cm³/mol. The van der Waals surface area contributed by atoms with Crippen molar-refractivity contribution in [2.24, 2.45) is 0 Å². The van der Waals surface area contributed by atoms with E-state index in [4.69, 9.17) is 21.1 Å². The first kappa shape index (κ1) is 27.8. The highest BCUT2D eigenvalue weighted by atomic mass is 35.5. The number of hydrogen-bond acceptors (Lipinski definition) is 3. The van der Waals surface area contributed by atoms with Gasteiger partial charge in [-0.1, -0.05) is 110 Å². The lowest BCUT2D eigenvalue weighted by Gasteiger charge is -2.15. The second kappa shape index (κ2) is 19.5. The molecule has 0 amide bonds. The Balaban J connectivity index is 2.33. The van der Waals surface area contributed by atoms with Gasteiger partial charge in [0, 0.05) is 0 Å². The molecular weight excluding hydrogens is 408 g/mol. The molecule has 0 saturated heterocycles. The largest absolute Gasteiger partial charge is 0.490 e. The van der Waals surface area contributed by atoms with Gasteiger partial charge in [0.25, 0.3) is 5.24 Å². The van der Waals surface area contributed by atoms with E-state index in [1.165, 1.54) is 83.5 Å². The maximum Gasteiger partial charge on any atom is 0.256 e. The molecule has 0 N–H and O–H groups in total. The first-order valence-electron chi connectivity index (χ1n) is 12.8. The van der Waals surface area contributed by atoms with Gasteiger partial charge < -0.3 is 9.47 Å². The van der Waals surface area contributed by atoms with Gasteiger partial charge in [-0.05, 0) is 36.6 Å². The fourth-order valence-electron chi connectivity index (χ4n) is 3.76. The second-order valence-electron chi connectivity index (χ2n) is 8.55. The molecule has 0 aromatic heterocycles. The number of unbranched alkanes of at least 4 members (excludes halogenated alkanes) is 14. The number of para-hydroxylation sites is 1. The Morgan fingerprint density at radius 2 is 1.13 bits per heavy atom. The average molecular weight is 453 g/mol. The molecule has 0 bridgehead atoms. The summed E-state index contributed by atoms with van der Waals surface area (Å²) >= 11 is 5.78. The van der Waals surface area contributed by atoms with Crippen LogP contribution in [-0.4, -0.2) is 18.5 Å². The van der Waals surface area contributed by atoms with E-state index in [0.29, 0.717) is 30.3 Å². The SMILES string of the molecule is CCCCCCCCCCOc1cccc(C(=O)Cl)c1OCCCCCCCCCC. The van der Waals surface area contributed by atoms with E-state index < -0.39 is 5.24 Å². The van der Waals surface area contributed by atoms with Gasteiger partial charge in [0.1, 0.15) is 0 Å². The molecule has 0 saturated carbocycles. The van der Waals surface area contributed by atoms with Crippen LogP contribution in [0.3, 0.4) is 0 Å². The van der Waals surface area contributed by atoms with Crippen LogP contribution in [0.5, 0.6) is 11.5 Å². The molecule has 0 aliphatic rings. The fraction of sp³-hybridized carbons (Fsp3) is 0.741. The van der Waals surface area contributed by atoms with Crippen molar-refractivity contribution in [2.45, 2.75) is 117 Å². The molecule has 0 fully saturated rings. The minimum absolute atomic E-state index is 0.398. The molecule has 31 heavy (non-hydrogen) atoms. The van der Waals surface area contributed by atoms with Gasteiger partial charge in [-0.3, -0.25) is 4.79 Å². The third-order valence-corrected chi connectivity index (χ3v) is 5.89. The first-order chi connectivity index (χ1) is 15.2. The Labute approximate surface area is 196 Å². The Bertz CT molecular complexity index is 574. The van der Waals surface area contributed by atoms with Crippen molar-refractivity contribution in [3.05, 3.63) is 23.8 Å². The number of ether oxygens (including phenoxy) is 2. The fourth-order valence-corrected chi connectivity index (χ4v) is 3.91. The number of halogens is 1. The minimum Gasteiger partial charge on any atom is -0.490 e. The molecule has 0 unspecified atom stereocenters. The average Bonchev–Trinajstić information content (AvgIpc) is 2.77. The molecular formula is C27H45ClO3. The standard InChI is InChI=1S/C27H45ClO3/c1-3-5-7-9-11-13-15-17-22-30-25-21-19-20-24(27(28)29)26(25)31-23-18-16-14-12-10-8-6-4-2/h19-21H,3-18,22-23H2,1-2H3. The van der Waals surface area contributed by atoms with E-state index in [1.54, 1.807) is 6.07 Å². The summed E-state index contributed by atoms with van der Waals surface area (Å²) in [7, 11) is 0. The second-order valence-corrected chi connectivity index (χ2v) is 8.90. The van der Waals surface area contributed by atoms with Crippen molar-refractivity contribution in [1.29, 1.82) is 0 Å². The van der Waals surface area contributed by atoms with Crippen LogP contribution in [0.25, 0.3) is 0 Å². The van der Waals surface area contributed by atoms with E-state index in [1.807, 2.05) is 12.1 Å². The van der Waals surface area contributed by atoms with Gasteiger partial charge in [0.05, 0.1) is 18.8 Å². The van der Waals surface area contributed by atoms with Crippen LogP contribution in [0, 0.1) is 0 Å². The summed E-state index contributed by atoms with van der Waals surface area (Å²) in [6, 6.07) is 5.39. The zero-order chi connectivity index (χ0) is 22.6. The summed E-state index contributed by atoms with van der Waals surface area (Å²) in [6.07, 6.45) is 20.1. The Kier molecular flexibility index (Phi) is 17.5. The van der Waals surface area contributed by atoms with E-state index >= 15 is 0 Å². The van der Waals surface area contributed by atoms with E-state index in [-0.39, 0.29) is 0 Å². The molecule has 0 atom stereocenters. The molecule has 3 nitrogen and oxygen atoms in total. The molecule has 178 valence electrons. The summed E-state index contributed by atoms with van der Waals surface area (Å²) in [4.78, 5) is 11.8. The van der Waals surface area contributed by atoms with Gasteiger partial charge >= 0.3 is 0 Å². The zero-order valence-corrected chi connectivity index (χ0v) is 20.8. The molecule has 0 spiro atoms. The molecule has 0 radical (unpaired) electrons. The van der Waals surface area contributed by atoms with Crippen molar-refractivity contribution >= 4 is 16.8 Å². The maximum absolute atomic E-state index is 11.8. The third kappa shape index (κ3) is 13.7. The number of carbonyl (C=O) groups is 1. The number of carbonyl (C=O) groups excluding carboxylic acids is 1.